The van der Waals surface area contributed by atoms with E-state index in [1.54, 1.807) is 0 Å². The van der Waals surface area contributed by atoms with Crippen LogP contribution in [0.2, 0.25) is 0 Å². The molecule has 0 aromatic heterocycles. The lowest BCUT2D eigenvalue weighted by Crippen LogP contribution is -2.47. The van der Waals surface area contributed by atoms with E-state index in [9.17, 15) is 0 Å². The minimum absolute atomic E-state index is 0.871. The molecule has 0 radical (unpaired) electrons. The van der Waals surface area contributed by atoms with Crippen molar-refractivity contribution in [2.24, 2.45) is 17.8 Å². The van der Waals surface area contributed by atoms with Crippen LogP contribution in [0.25, 0.3) is 0 Å². The number of para-hydroxylation sites is 1. The lowest BCUT2D eigenvalue weighted by Gasteiger charge is -2.37. The lowest BCUT2D eigenvalue weighted by atomic mass is 9.93. The van der Waals surface area contributed by atoms with E-state index in [0.29, 0.717) is 0 Å². The van der Waals surface area contributed by atoms with Crippen molar-refractivity contribution in [2.75, 3.05) is 32.7 Å². The summed E-state index contributed by atoms with van der Waals surface area (Å²) in [6.07, 6.45) is 7.79. The number of hydrogen-bond acceptors (Lipinski definition) is 3. The van der Waals surface area contributed by atoms with Gasteiger partial charge < -0.3 is 9.64 Å². The molecule has 0 unspecified atom stereocenters. The number of rotatable bonds is 6. The molecular formula is C25H30N2O. The van der Waals surface area contributed by atoms with Crippen molar-refractivity contribution in [3.8, 4) is 11.5 Å². The van der Waals surface area contributed by atoms with Gasteiger partial charge in [0.2, 0.25) is 0 Å². The summed E-state index contributed by atoms with van der Waals surface area (Å²) in [5.41, 5.74) is 1.33. The highest BCUT2D eigenvalue weighted by Gasteiger charge is 2.36. The third-order valence-corrected chi connectivity index (χ3v) is 6.66. The van der Waals surface area contributed by atoms with E-state index >= 15 is 0 Å². The van der Waals surface area contributed by atoms with Gasteiger partial charge in [0.25, 0.3) is 0 Å². The number of allylic oxidation sites excluding steroid dienone is 2. The number of hydrogen-bond donors (Lipinski definition) is 0. The molecule has 5 rings (SSSR count). The Balaban J connectivity index is 1.12. The summed E-state index contributed by atoms with van der Waals surface area (Å²) in [4.78, 5) is 5.28. The Bertz CT molecular complexity index is 810. The van der Waals surface area contributed by atoms with Crippen molar-refractivity contribution < 1.29 is 4.74 Å². The van der Waals surface area contributed by atoms with Crippen LogP contribution in [0.3, 0.4) is 0 Å². The summed E-state index contributed by atoms with van der Waals surface area (Å²) >= 11 is 0. The van der Waals surface area contributed by atoms with Gasteiger partial charge in [0, 0.05) is 39.3 Å². The Hall–Kier alpha value is -2.10. The first kappa shape index (κ1) is 18.0. The Kier molecular flexibility index (Phi) is 5.20. The molecule has 3 aliphatic rings. The van der Waals surface area contributed by atoms with Gasteiger partial charge in [-0.2, -0.15) is 0 Å². The molecular weight excluding hydrogens is 344 g/mol. The van der Waals surface area contributed by atoms with Crippen LogP contribution >= 0.6 is 0 Å². The molecule has 2 fully saturated rings. The van der Waals surface area contributed by atoms with Crippen molar-refractivity contribution in [1.29, 1.82) is 0 Å². The SMILES string of the molecule is C1=C[C@H]2C[C@@H]1C[C@@H]2CN1CCN(Cc2cccc(Oc3ccccc3)c2)CC1. The van der Waals surface area contributed by atoms with Crippen LogP contribution in [0.15, 0.2) is 66.7 Å². The second-order valence-corrected chi connectivity index (χ2v) is 8.68. The molecule has 1 saturated heterocycles. The van der Waals surface area contributed by atoms with Gasteiger partial charge in [-0.05, 0) is 60.4 Å². The van der Waals surface area contributed by atoms with Crippen LogP contribution in [-0.4, -0.2) is 42.5 Å². The van der Waals surface area contributed by atoms with Crippen molar-refractivity contribution >= 4 is 0 Å². The van der Waals surface area contributed by atoms with Crippen LogP contribution in [0, 0.1) is 17.8 Å². The predicted octanol–water partition coefficient (Wildman–Crippen LogP) is 4.81. The zero-order chi connectivity index (χ0) is 18.8. The highest BCUT2D eigenvalue weighted by Crippen LogP contribution is 2.43. The molecule has 2 bridgehead atoms. The Morgan fingerprint density at radius 2 is 1.57 bits per heavy atom. The quantitative estimate of drug-likeness (QED) is 0.675. The number of fused-ring (bicyclic) bond motifs is 2. The third-order valence-electron chi connectivity index (χ3n) is 6.66. The standard InChI is InChI=1S/C25H30N2O/c1-2-6-24(7-3-1)28-25-8-4-5-21(17-25)18-26-11-13-27(14-12-26)19-23-16-20-9-10-22(23)15-20/h1-10,17,20,22-23H,11-16,18-19H2/t20-,22+,23-/m1/s1. The number of ether oxygens (including phenoxy) is 1. The van der Waals surface area contributed by atoms with E-state index in [2.05, 4.69) is 40.2 Å². The fourth-order valence-electron chi connectivity index (χ4n) is 5.16. The lowest BCUT2D eigenvalue weighted by molar-refractivity contribution is 0.108. The topological polar surface area (TPSA) is 15.7 Å². The van der Waals surface area contributed by atoms with E-state index in [0.717, 1.165) is 35.8 Å². The van der Waals surface area contributed by atoms with Crippen LogP contribution in [0.4, 0.5) is 0 Å². The molecule has 1 aliphatic heterocycles. The van der Waals surface area contributed by atoms with Crippen molar-refractivity contribution in [3.63, 3.8) is 0 Å². The fraction of sp³-hybridized carbons (Fsp3) is 0.440. The van der Waals surface area contributed by atoms with E-state index in [1.807, 2.05) is 36.4 Å². The van der Waals surface area contributed by atoms with Gasteiger partial charge in [0.1, 0.15) is 11.5 Å². The van der Waals surface area contributed by atoms with Gasteiger partial charge in [-0.15, -0.1) is 0 Å². The number of piperazine rings is 1. The summed E-state index contributed by atoms with van der Waals surface area (Å²) in [5.74, 6) is 4.49. The maximum atomic E-state index is 5.99. The van der Waals surface area contributed by atoms with E-state index in [4.69, 9.17) is 4.74 Å². The molecule has 2 aromatic carbocycles. The summed E-state index contributed by atoms with van der Waals surface area (Å²) in [6, 6.07) is 18.6. The summed E-state index contributed by atoms with van der Waals surface area (Å²) in [5, 5.41) is 0. The number of benzene rings is 2. The Morgan fingerprint density at radius 3 is 2.32 bits per heavy atom. The first-order valence-corrected chi connectivity index (χ1v) is 10.8. The van der Waals surface area contributed by atoms with Gasteiger partial charge in [-0.3, -0.25) is 4.90 Å². The molecule has 1 saturated carbocycles. The molecule has 0 amide bonds. The molecule has 3 atom stereocenters. The molecule has 2 aromatic rings. The van der Waals surface area contributed by atoms with Crippen molar-refractivity contribution in [2.45, 2.75) is 19.4 Å². The highest BCUT2D eigenvalue weighted by molar-refractivity contribution is 5.33. The molecule has 2 aliphatic carbocycles. The van der Waals surface area contributed by atoms with Crippen LogP contribution in [0.5, 0.6) is 11.5 Å². The first-order valence-electron chi connectivity index (χ1n) is 10.8. The van der Waals surface area contributed by atoms with Gasteiger partial charge in [-0.25, -0.2) is 0 Å². The Labute approximate surface area is 168 Å². The van der Waals surface area contributed by atoms with Gasteiger partial charge in [0.15, 0.2) is 0 Å². The summed E-state index contributed by atoms with van der Waals surface area (Å²) < 4.78 is 5.99. The summed E-state index contributed by atoms with van der Waals surface area (Å²) in [7, 11) is 0. The van der Waals surface area contributed by atoms with Gasteiger partial charge in [0.05, 0.1) is 0 Å². The zero-order valence-electron chi connectivity index (χ0n) is 16.5. The zero-order valence-corrected chi connectivity index (χ0v) is 16.5. The van der Waals surface area contributed by atoms with Gasteiger partial charge >= 0.3 is 0 Å². The minimum atomic E-state index is 0.871. The largest absolute Gasteiger partial charge is 0.457 e. The van der Waals surface area contributed by atoms with Crippen LogP contribution in [-0.2, 0) is 6.54 Å². The Morgan fingerprint density at radius 1 is 0.786 bits per heavy atom. The fourth-order valence-corrected chi connectivity index (χ4v) is 5.16. The smallest absolute Gasteiger partial charge is 0.127 e. The first-order chi connectivity index (χ1) is 13.8. The van der Waals surface area contributed by atoms with Crippen molar-refractivity contribution in [1.82, 2.24) is 9.80 Å². The molecule has 0 N–H and O–H groups in total. The monoisotopic (exact) mass is 374 g/mol. The maximum absolute atomic E-state index is 5.99. The highest BCUT2D eigenvalue weighted by atomic mass is 16.5. The van der Waals surface area contributed by atoms with E-state index in [-0.39, 0.29) is 0 Å². The average Bonchev–Trinajstić information content (AvgIpc) is 3.34. The molecule has 28 heavy (non-hydrogen) atoms. The van der Waals surface area contributed by atoms with Gasteiger partial charge in [-0.1, -0.05) is 42.5 Å². The van der Waals surface area contributed by atoms with E-state index in [1.165, 1.54) is 51.1 Å². The molecule has 3 heteroatoms. The third kappa shape index (κ3) is 4.16. The molecule has 146 valence electrons. The van der Waals surface area contributed by atoms with Crippen LogP contribution in [0.1, 0.15) is 18.4 Å². The normalized spacial score (nSPS) is 27.4. The van der Waals surface area contributed by atoms with Crippen molar-refractivity contribution in [3.05, 3.63) is 72.3 Å². The molecule has 3 nitrogen and oxygen atoms in total. The minimum Gasteiger partial charge on any atom is -0.457 e. The number of nitrogens with zero attached hydrogens (tertiary/aromatic N) is 2. The van der Waals surface area contributed by atoms with E-state index < -0.39 is 0 Å². The predicted molar refractivity (Wildman–Crippen MR) is 114 cm³/mol. The molecule has 1 heterocycles. The summed E-state index contributed by atoms with van der Waals surface area (Å²) in [6.45, 7) is 7.06. The maximum Gasteiger partial charge on any atom is 0.127 e. The second kappa shape index (κ2) is 8.10. The second-order valence-electron chi connectivity index (χ2n) is 8.68. The van der Waals surface area contributed by atoms with Crippen LogP contribution < -0.4 is 4.74 Å². The molecule has 0 spiro atoms. The average molecular weight is 375 g/mol.